The van der Waals surface area contributed by atoms with Crippen molar-refractivity contribution < 1.29 is 23.4 Å². The molecule has 2 aliphatic carbocycles. The van der Waals surface area contributed by atoms with Crippen molar-refractivity contribution in [1.82, 2.24) is 0 Å². The van der Waals surface area contributed by atoms with Crippen LogP contribution >= 0.6 is 0 Å². The van der Waals surface area contributed by atoms with Gasteiger partial charge in [0.15, 0.2) is 0 Å². The van der Waals surface area contributed by atoms with Gasteiger partial charge in [-0.2, -0.15) is 0 Å². The molecule has 1 fully saturated rings. The van der Waals surface area contributed by atoms with E-state index in [1.165, 1.54) is 37.1 Å². The van der Waals surface area contributed by atoms with E-state index < -0.39 is 5.97 Å². The van der Waals surface area contributed by atoms with Gasteiger partial charge < -0.3 is 9.84 Å². The first-order valence-corrected chi connectivity index (χ1v) is 12.0. The molecule has 3 aromatic rings. The van der Waals surface area contributed by atoms with Crippen LogP contribution in [0.1, 0.15) is 55.2 Å². The first kappa shape index (κ1) is 23.0. The average Bonchev–Trinajstić information content (AvgIpc) is 3.44. The maximum absolute atomic E-state index is 14.2. The van der Waals surface area contributed by atoms with Crippen LogP contribution in [0.15, 0.2) is 72.3 Å². The number of fused-ring (bicyclic) bond motifs is 1. The predicted molar refractivity (Wildman–Crippen MR) is 133 cm³/mol. The van der Waals surface area contributed by atoms with Gasteiger partial charge in [-0.05, 0) is 100 Å². The van der Waals surface area contributed by atoms with Crippen LogP contribution < -0.4 is 4.74 Å². The molecule has 0 aliphatic heterocycles. The Hall–Kier alpha value is -3.73. The highest BCUT2D eigenvalue weighted by Crippen LogP contribution is 2.48. The summed E-state index contributed by atoms with van der Waals surface area (Å²) in [4.78, 5) is 11.7. The van der Waals surface area contributed by atoms with Gasteiger partial charge in [-0.15, -0.1) is 0 Å². The van der Waals surface area contributed by atoms with E-state index in [1.54, 1.807) is 18.2 Å². The summed E-state index contributed by atoms with van der Waals surface area (Å²) >= 11 is 0. The summed E-state index contributed by atoms with van der Waals surface area (Å²) < 4.78 is 33.1. The number of rotatable bonds is 7. The van der Waals surface area contributed by atoms with Crippen molar-refractivity contribution >= 4 is 23.2 Å². The highest BCUT2D eigenvalue weighted by Gasteiger charge is 2.30. The molecule has 0 saturated heterocycles. The lowest BCUT2D eigenvalue weighted by atomic mass is 9.90. The second-order valence-electron chi connectivity index (χ2n) is 9.26. The summed E-state index contributed by atoms with van der Waals surface area (Å²) in [6.45, 7) is 0. The van der Waals surface area contributed by atoms with Gasteiger partial charge in [-0.1, -0.05) is 43.9 Å². The number of aliphatic carboxylic acids is 1. The van der Waals surface area contributed by atoms with E-state index in [4.69, 9.17) is 4.74 Å². The Kier molecular flexibility index (Phi) is 6.49. The third kappa shape index (κ3) is 5.19. The van der Waals surface area contributed by atoms with Gasteiger partial charge in [0.25, 0.3) is 0 Å². The van der Waals surface area contributed by atoms with Crippen LogP contribution in [0.3, 0.4) is 0 Å². The molecule has 0 atom stereocenters. The molecular formula is C30H26F2O3. The molecule has 2 aliphatic rings. The Morgan fingerprint density at radius 2 is 1.49 bits per heavy atom. The fourth-order valence-electron chi connectivity index (χ4n) is 5.18. The zero-order chi connectivity index (χ0) is 24.4. The first-order valence-electron chi connectivity index (χ1n) is 12.0. The molecule has 5 heteroatoms. The predicted octanol–water partition coefficient (Wildman–Crippen LogP) is 8.12. The van der Waals surface area contributed by atoms with Gasteiger partial charge in [-0.3, -0.25) is 4.79 Å². The van der Waals surface area contributed by atoms with Crippen LogP contribution in [-0.2, 0) is 4.79 Å². The van der Waals surface area contributed by atoms with E-state index in [0.717, 1.165) is 47.1 Å². The lowest BCUT2D eigenvalue weighted by Gasteiger charge is -2.14. The molecule has 0 amide bonds. The zero-order valence-electron chi connectivity index (χ0n) is 19.3. The minimum Gasteiger partial charge on any atom is -0.481 e. The van der Waals surface area contributed by atoms with Crippen LogP contribution in [0.5, 0.6) is 11.5 Å². The van der Waals surface area contributed by atoms with Crippen LogP contribution in [0.25, 0.3) is 17.2 Å². The van der Waals surface area contributed by atoms with Gasteiger partial charge in [0.2, 0.25) is 0 Å². The largest absolute Gasteiger partial charge is 0.481 e. The lowest BCUT2D eigenvalue weighted by molar-refractivity contribution is -0.135. The fraction of sp³-hybridized carbons (Fsp3) is 0.233. The summed E-state index contributed by atoms with van der Waals surface area (Å²) in [5.74, 6) is 0.0889. The Morgan fingerprint density at radius 3 is 2.14 bits per heavy atom. The molecular weight excluding hydrogens is 446 g/mol. The normalized spacial score (nSPS) is 16.7. The van der Waals surface area contributed by atoms with E-state index in [0.29, 0.717) is 23.0 Å². The number of carboxylic acid groups (broad SMARTS) is 1. The molecule has 0 radical (unpaired) electrons. The number of allylic oxidation sites excluding steroid dienone is 2. The third-order valence-corrected chi connectivity index (χ3v) is 6.82. The molecule has 0 aromatic heterocycles. The summed E-state index contributed by atoms with van der Waals surface area (Å²) in [6.07, 6.45) is 7.40. The number of halogens is 2. The van der Waals surface area contributed by atoms with Crippen molar-refractivity contribution in [3.8, 4) is 11.5 Å². The first-order chi connectivity index (χ1) is 17.0. The SMILES string of the molecule is O=C(O)CC1=C(CC2CCCC2)/C(=C/c2ccc(Oc3ccc(F)cc3)cc2)c2ccc(F)cc21. The van der Waals surface area contributed by atoms with Crippen molar-refractivity contribution in [2.75, 3.05) is 0 Å². The molecule has 0 unspecified atom stereocenters. The Bertz CT molecular complexity index is 1300. The average molecular weight is 473 g/mol. The molecule has 35 heavy (non-hydrogen) atoms. The number of benzene rings is 3. The van der Waals surface area contributed by atoms with E-state index in [-0.39, 0.29) is 18.1 Å². The van der Waals surface area contributed by atoms with E-state index in [1.807, 2.05) is 24.3 Å². The molecule has 1 N–H and O–H groups in total. The van der Waals surface area contributed by atoms with Crippen molar-refractivity contribution in [2.24, 2.45) is 5.92 Å². The molecule has 5 rings (SSSR count). The Labute approximate surface area is 203 Å². The number of ether oxygens (including phenoxy) is 1. The molecule has 3 aromatic carbocycles. The lowest BCUT2D eigenvalue weighted by Crippen LogP contribution is -2.01. The van der Waals surface area contributed by atoms with Crippen LogP contribution in [-0.4, -0.2) is 11.1 Å². The molecule has 0 heterocycles. The van der Waals surface area contributed by atoms with E-state index >= 15 is 0 Å². The number of hydrogen-bond donors (Lipinski definition) is 1. The smallest absolute Gasteiger partial charge is 0.307 e. The summed E-state index contributed by atoms with van der Waals surface area (Å²) in [5, 5.41) is 9.61. The maximum atomic E-state index is 14.2. The maximum Gasteiger partial charge on any atom is 0.307 e. The minimum atomic E-state index is -0.914. The molecule has 0 spiro atoms. The molecule has 178 valence electrons. The van der Waals surface area contributed by atoms with Crippen molar-refractivity contribution in [1.29, 1.82) is 0 Å². The van der Waals surface area contributed by atoms with Crippen molar-refractivity contribution in [2.45, 2.75) is 38.5 Å². The molecule has 0 bridgehead atoms. The van der Waals surface area contributed by atoms with Gasteiger partial charge in [0.1, 0.15) is 23.1 Å². The molecule has 1 saturated carbocycles. The third-order valence-electron chi connectivity index (χ3n) is 6.82. The monoisotopic (exact) mass is 472 g/mol. The van der Waals surface area contributed by atoms with Gasteiger partial charge in [0, 0.05) is 0 Å². The second kappa shape index (κ2) is 9.87. The van der Waals surface area contributed by atoms with E-state index in [9.17, 15) is 18.7 Å². The highest BCUT2D eigenvalue weighted by molar-refractivity contribution is 6.07. The minimum absolute atomic E-state index is 0.125. The topological polar surface area (TPSA) is 46.5 Å². The number of carboxylic acids is 1. The van der Waals surface area contributed by atoms with Crippen LogP contribution in [0.2, 0.25) is 0 Å². The van der Waals surface area contributed by atoms with E-state index in [2.05, 4.69) is 6.08 Å². The summed E-state index contributed by atoms with van der Waals surface area (Å²) in [5.41, 5.74) is 5.20. The summed E-state index contributed by atoms with van der Waals surface area (Å²) in [6, 6.07) is 18.0. The Morgan fingerprint density at radius 1 is 0.857 bits per heavy atom. The fourth-order valence-corrected chi connectivity index (χ4v) is 5.18. The van der Waals surface area contributed by atoms with Crippen molar-refractivity contribution in [3.63, 3.8) is 0 Å². The number of carbonyl (C=O) groups is 1. The standard InChI is InChI=1S/C30H26F2O3/c31-21-7-12-24(13-8-21)35-23-10-5-20(6-11-23)16-26-25-14-9-22(32)17-28(25)29(18-30(33)34)27(26)15-19-3-1-2-4-19/h5-14,16-17,19H,1-4,15,18H2,(H,33,34)/b26-16+. The highest BCUT2D eigenvalue weighted by atomic mass is 19.1. The van der Waals surface area contributed by atoms with Gasteiger partial charge in [-0.25, -0.2) is 8.78 Å². The molecule has 3 nitrogen and oxygen atoms in total. The summed E-state index contributed by atoms with van der Waals surface area (Å²) in [7, 11) is 0. The van der Waals surface area contributed by atoms with Gasteiger partial charge in [0.05, 0.1) is 6.42 Å². The van der Waals surface area contributed by atoms with Crippen molar-refractivity contribution in [3.05, 3.63) is 101 Å². The second-order valence-corrected chi connectivity index (χ2v) is 9.26. The van der Waals surface area contributed by atoms with Gasteiger partial charge >= 0.3 is 5.97 Å². The number of hydrogen-bond acceptors (Lipinski definition) is 2. The van der Waals surface area contributed by atoms with Crippen LogP contribution in [0, 0.1) is 17.6 Å². The zero-order valence-corrected chi connectivity index (χ0v) is 19.3. The quantitative estimate of drug-likeness (QED) is 0.378. The Balaban J connectivity index is 1.50. The van der Waals surface area contributed by atoms with Crippen LogP contribution in [0.4, 0.5) is 8.78 Å².